The molecule has 0 spiro atoms. The number of alkyl carbamates (subject to hydrolysis) is 1. The summed E-state index contributed by atoms with van der Waals surface area (Å²) in [4.78, 5) is 16.6. The average molecular weight is 413 g/mol. The van der Waals surface area contributed by atoms with Crippen molar-refractivity contribution in [2.24, 2.45) is 4.99 Å². The minimum atomic E-state index is -0.564. The number of guanidine groups is 1. The lowest BCUT2D eigenvalue weighted by Crippen LogP contribution is -2.44. The predicted molar refractivity (Wildman–Crippen MR) is 120 cm³/mol. The van der Waals surface area contributed by atoms with Crippen molar-refractivity contribution in [3.05, 3.63) is 65.7 Å². The van der Waals surface area contributed by atoms with Crippen LogP contribution in [0.2, 0.25) is 0 Å². The molecule has 3 N–H and O–H groups in total. The molecule has 0 aliphatic carbocycles. The van der Waals surface area contributed by atoms with Gasteiger partial charge in [-0.25, -0.2) is 4.79 Å². The molecule has 30 heavy (non-hydrogen) atoms. The summed E-state index contributed by atoms with van der Waals surface area (Å²) in [6, 6.07) is 17.3. The van der Waals surface area contributed by atoms with Gasteiger partial charge in [-0.2, -0.15) is 0 Å². The number of para-hydroxylation sites is 1. The third-order valence-corrected chi connectivity index (χ3v) is 4.23. The van der Waals surface area contributed by atoms with Gasteiger partial charge in [-0.3, -0.25) is 4.99 Å². The average Bonchev–Trinajstić information content (AvgIpc) is 2.72. The zero-order valence-electron chi connectivity index (χ0n) is 18.4. The van der Waals surface area contributed by atoms with Gasteiger partial charge in [0.05, 0.1) is 13.2 Å². The molecular formula is C23H32N4O3. The van der Waals surface area contributed by atoms with Crippen LogP contribution in [0.25, 0.3) is 0 Å². The first-order valence-corrected chi connectivity index (χ1v) is 9.93. The van der Waals surface area contributed by atoms with Gasteiger partial charge in [-0.15, -0.1) is 0 Å². The minimum Gasteiger partial charge on any atom is -0.496 e. The summed E-state index contributed by atoms with van der Waals surface area (Å²) in [5.74, 6) is 1.43. The van der Waals surface area contributed by atoms with Crippen LogP contribution < -0.4 is 20.7 Å². The van der Waals surface area contributed by atoms with Crippen LogP contribution >= 0.6 is 0 Å². The van der Waals surface area contributed by atoms with Crippen LogP contribution in [0.3, 0.4) is 0 Å². The van der Waals surface area contributed by atoms with Crippen LogP contribution in [0.5, 0.6) is 5.75 Å². The summed E-state index contributed by atoms with van der Waals surface area (Å²) < 4.78 is 10.8. The Balaban J connectivity index is 2.01. The first-order valence-electron chi connectivity index (χ1n) is 9.93. The molecule has 0 saturated carbocycles. The van der Waals surface area contributed by atoms with E-state index in [0.717, 1.165) is 16.9 Å². The topological polar surface area (TPSA) is 84.0 Å². The lowest BCUT2D eigenvalue weighted by Gasteiger charge is -2.25. The van der Waals surface area contributed by atoms with E-state index in [-0.39, 0.29) is 6.04 Å². The fraction of sp³-hybridized carbons (Fsp3) is 0.391. The summed E-state index contributed by atoms with van der Waals surface area (Å²) >= 11 is 0. The maximum atomic E-state index is 12.3. The van der Waals surface area contributed by atoms with Crippen LogP contribution in [0.4, 0.5) is 4.79 Å². The second-order valence-electron chi connectivity index (χ2n) is 7.73. The van der Waals surface area contributed by atoms with Gasteiger partial charge in [0.25, 0.3) is 0 Å². The Hall–Kier alpha value is -3.22. The van der Waals surface area contributed by atoms with Gasteiger partial charge in [0.15, 0.2) is 5.96 Å². The zero-order chi connectivity index (χ0) is 22.0. The number of ether oxygens (including phenoxy) is 2. The Bertz CT molecular complexity index is 832. The first-order chi connectivity index (χ1) is 14.3. The first kappa shape index (κ1) is 23.1. The molecule has 1 atom stereocenters. The van der Waals surface area contributed by atoms with Crippen LogP contribution in [-0.4, -0.2) is 38.4 Å². The quantitative estimate of drug-likeness (QED) is 0.478. The SMILES string of the molecule is CN=C(NCc1ccccc1OC)NCC(NC(=O)OC(C)(C)C)c1ccccc1. The zero-order valence-corrected chi connectivity index (χ0v) is 18.4. The Morgan fingerprint density at radius 2 is 1.70 bits per heavy atom. The van der Waals surface area contributed by atoms with Gasteiger partial charge >= 0.3 is 6.09 Å². The van der Waals surface area contributed by atoms with E-state index in [4.69, 9.17) is 9.47 Å². The molecular weight excluding hydrogens is 380 g/mol. The standard InChI is InChI=1S/C23H32N4O3/c1-23(2,3)30-22(28)27-19(17-11-7-6-8-12-17)16-26-21(24-4)25-15-18-13-9-10-14-20(18)29-5/h6-14,19H,15-16H2,1-5H3,(H,27,28)(H2,24,25,26). The Morgan fingerprint density at radius 1 is 1.03 bits per heavy atom. The van der Waals surface area contributed by atoms with Crippen molar-refractivity contribution in [1.29, 1.82) is 0 Å². The Labute approximate surface area is 178 Å². The predicted octanol–water partition coefficient (Wildman–Crippen LogP) is 3.63. The summed E-state index contributed by atoms with van der Waals surface area (Å²) in [5.41, 5.74) is 1.43. The van der Waals surface area contributed by atoms with Crippen molar-refractivity contribution in [3.63, 3.8) is 0 Å². The lowest BCUT2D eigenvalue weighted by atomic mass is 10.1. The number of rotatable bonds is 7. The smallest absolute Gasteiger partial charge is 0.408 e. The summed E-state index contributed by atoms with van der Waals surface area (Å²) in [6.07, 6.45) is -0.463. The van der Waals surface area contributed by atoms with E-state index < -0.39 is 11.7 Å². The molecule has 7 heteroatoms. The Morgan fingerprint density at radius 3 is 2.33 bits per heavy atom. The molecule has 2 rings (SSSR count). The van der Waals surface area contributed by atoms with E-state index in [1.807, 2.05) is 75.4 Å². The number of carbonyl (C=O) groups excluding carboxylic acids is 1. The number of benzene rings is 2. The third kappa shape index (κ3) is 7.66. The fourth-order valence-electron chi connectivity index (χ4n) is 2.83. The van der Waals surface area contributed by atoms with Gasteiger partial charge < -0.3 is 25.4 Å². The van der Waals surface area contributed by atoms with E-state index in [9.17, 15) is 4.79 Å². The number of nitrogens with zero attached hydrogens (tertiary/aromatic N) is 1. The largest absolute Gasteiger partial charge is 0.496 e. The highest BCUT2D eigenvalue weighted by molar-refractivity contribution is 5.79. The highest BCUT2D eigenvalue weighted by Gasteiger charge is 2.20. The Kier molecular flexibility index (Phi) is 8.53. The van der Waals surface area contributed by atoms with Gasteiger partial charge in [0.2, 0.25) is 0 Å². The molecule has 1 amide bonds. The third-order valence-electron chi connectivity index (χ3n) is 4.23. The monoisotopic (exact) mass is 412 g/mol. The summed E-state index contributed by atoms with van der Waals surface area (Å²) in [5, 5.41) is 9.48. The highest BCUT2D eigenvalue weighted by Crippen LogP contribution is 2.17. The van der Waals surface area contributed by atoms with Crippen molar-refractivity contribution in [2.45, 2.75) is 39.0 Å². The number of nitrogens with one attached hydrogen (secondary N) is 3. The van der Waals surface area contributed by atoms with Crippen molar-refractivity contribution < 1.29 is 14.3 Å². The molecule has 2 aromatic rings. The molecule has 162 valence electrons. The minimum absolute atomic E-state index is 0.286. The number of hydrogen-bond donors (Lipinski definition) is 3. The molecule has 0 fully saturated rings. The normalized spacial score (nSPS) is 12.6. The molecule has 0 aliphatic heterocycles. The van der Waals surface area contributed by atoms with Crippen molar-refractivity contribution in [1.82, 2.24) is 16.0 Å². The number of methoxy groups -OCH3 is 1. The van der Waals surface area contributed by atoms with Crippen molar-refractivity contribution >= 4 is 12.1 Å². The van der Waals surface area contributed by atoms with Gasteiger partial charge in [0, 0.05) is 25.7 Å². The second kappa shape index (κ2) is 11.1. The molecule has 0 aromatic heterocycles. The van der Waals surface area contributed by atoms with Crippen molar-refractivity contribution in [3.8, 4) is 5.75 Å². The van der Waals surface area contributed by atoms with Crippen LogP contribution in [0.15, 0.2) is 59.6 Å². The molecule has 0 heterocycles. The van der Waals surface area contributed by atoms with Crippen LogP contribution in [-0.2, 0) is 11.3 Å². The molecule has 0 saturated heterocycles. The molecule has 7 nitrogen and oxygen atoms in total. The molecule has 1 unspecified atom stereocenters. The van der Waals surface area contributed by atoms with Crippen LogP contribution in [0.1, 0.15) is 37.9 Å². The van der Waals surface area contributed by atoms with E-state index in [1.165, 1.54) is 0 Å². The molecule has 0 aliphatic rings. The maximum absolute atomic E-state index is 12.3. The fourth-order valence-corrected chi connectivity index (χ4v) is 2.83. The van der Waals surface area contributed by atoms with Crippen molar-refractivity contribution in [2.75, 3.05) is 20.7 Å². The summed E-state index contributed by atoms with van der Waals surface area (Å²) in [7, 11) is 3.36. The molecule has 0 radical (unpaired) electrons. The highest BCUT2D eigenvalue weighted by atomic mass is 16.6. The van der Waals surface area contributed by atoms with Crippen LogP contribution in [0, 0.1) is 0 Å². The van der Waals surface area contributed by atoms with Gasteiger partial charge in [-0.1, -0.05) is 48.5 Å². The number of aliphatic imine (C=N–C) groups is 1. The molecule has 0 bridgehead atoms. The van der Waals surface area contributed by atoms with E-state index >= 15 is 0 Å². The summed E-state index contributed by atoms with van der Waals surface area (Å²) in [6.45, 7) is 6.51. The van der Waals surface area contributed by atoms with E-state index in [2.05, 4.69) is 20.9 Å². The number of hydrogen-bond acceptors (Lipinski definition) is 4. The van der Waals surface area contributed by atoms with Gasteiger partial charge in [-0.05, 0) is 32.4 Å². The second-order valence-corrected chi connectivity index (χ2v) is 7.73. The maximum Gasteiger partial charge on any atom is 0.408 e. The number of carbonyl (C=O) groups is 1. The van der Waals surface area contributed by atoms with Gasteiger partial charge in [0.1, 0.15) is 11.4 Å². The van der Waals surface area contributed by atoms with E-state index in [0.29, 0.717) is 19.0 Å². The molecule has 2 aromatic carbocycles. The van der Waals surface area contributed by atoms with E-state index in [1.54, 1.807) is 14.2 Å². The lowest BCUT2D eigenvalue weighted by molar-refractivity contribution is 0.0504. The number of amides is 1.